The highest BCUT2D eigenvalue weighted by molar-refractivity contribution is 14.1. The van der Waals surface area contributed by atoms with Crippen molar-refractivity contribution < 1.29 is 43.5 Å². The standard InChI is InChI=1S/C22H26N2O6.C9H9IO3/c1-28-19-9-8-16(12-17(19)21(25)26)24-11-10-18(20(13-24)29-2)23-22(27)30-14-15-6-4-3-5-7-15;1-5-3-6(10)4-7(9(11)12)8(5)13-2/h3-9,12,18,20H,10-11,13-14H2,1-2H3,(H,23,27)(H,25,26);3-4H,1-2H3,(H,11,12). The van der Waals surface area contributed by atoms with E-state index in [9.17, 15) is 19.5 Å². The third kappa shape index (κ3) is 9.22. The Kier molecular flexibility index (Phi) is 12.4. The molecule has 3 aromatic carbocycles. The number of benzene rings is 3. The molecule has 0 aromatic heterocycles. The number of aromatic carboxylic acids is 2. The number of aryl methyl sites for hydroxylation is 1. The van der Waals surface area contributed by atoms with Gasteiger partial charge in [0.2, 0.25) is 0 Å². The van der Waals surface area contributed by atoms with E-state index in [0.29, 0.717) is 31.0 Å². The van der Waals surface area contributed by atoms with Gasteiger partial charge in [-0.25, -0.2) is 14.4 Å². The van der Waals surface area contributed by atoms with Crippen molar-refractivity contribution in [2.75, 3.05) is 39.3 Å². The molecule has 3 N–H and O–H groups in total. The number of amides is 1. The third-order valence-electron chi connectivity index (χ3n) is 6.83. The molecule has 1 saturated heterocycles. The zero-order valence-corrected chi connectivity index (χ0v) is 26.5. The molecule has 2 unspecified atom stereocenters. The van der Waals surface area contributed by atoms with E-state index < -0.39 is 18.0 Å². The number of ether oxygens (including phenoxy) is 4. The number of halogens is 1. The molecule has 12 heteroatoms. The molecule has 0 aliphatic carbocycles. The second-order valence-electron chi connectivity index (χ2n) is 9.62. The normalized spacial score (nSPS) is 15.9. The number of carboxylic acids is 2. The predicted octanol–water partition coefficient (Wildman–Crippen LogP) is 5.22. The monoisotopic (exact) mass is 706 g/mol. The SMILES string of the molecule is COc1c(C)cc(I)cc1C(=O)O.COc1ccc(N2CCC(NC(=O)OCc3ccccc3)C(OC)C2)cc1C(=O)O. The molecule has 1 amide bonds. The lowest BCUT2D eigenvalue weighted by Gasteiger charge is -2.39. The second-order valence-corrected chi connectivity index (χ2v) is 10.9. The van der Waals surface area contributed by atoms with E-state index in [-0.39, 0.29) is 29.9 Å². The Balaban J connectivity index is 0.000000326. The Bertz CT molecular complexity index is 1420. The average molecular weight is 707 g/mol. The molecular formula is C31H35IN2O9. The number of carbonyl (C=O) groups excluding carboxylic acids is 1. The third-order valence-corrected chi connectivity index (χ3v) is 7.45. The fraction of sp³-hybridized carbons (Fsp3) is 0.323. The number of rotatable bonds is 9. The predicted molar refractivity (Wildman–Crippen MR) is 169 cm³/mol. The zero-order chi connectivity index (χ0) is 31.5. The van der Waals surface area contributed by atoms with E-state index in [4.69, 9.17) is 24.1 Å². The Morgan fingerprint density at radius 1 is 0.953 bits per heavy atom. The highest BCUT2D eigenvalue weighted by Gasteiger charge is 2.31. The molecule has 4 rings (SSSR count). The molecule has 0 spiro atoms. The summed E-state index contributed by atoms with van der Waals surface area (Å²) in [5.74, 6) is -1.26. The van der Waals surface area contributed by atoms with Crippen LogP contribution in [-0.2, 0) is 16.1 Å². The van der Waals surface area contributed by atoms with E-state index in [1.54, 1.807) is 25.3 Å². The number of hydrogen-bond acceptors (Lipinski definition) is 8. The molecule has 1 heterocycles. The first-order valence-corrected chi connectivity index (χ1v) is 14.4. The van der Waals surface area contributed by atoms with Crippen LogP contribution in [-0.4, -0.2) is 74.8 Å². The summed E-state index contributed by atoms with van der Waals surface area (Å²) in [6.45, 7) is 3.17. The molecule has 3 aromatic rings. The summed E-state index contributed by atoms with van der Waals surface area (Å²) >= 11 is 2.08. The summed E-state index contributed by atoms with van der Waals surface area (Å²) in [5, 5.41) is 21.2. The molecule has 1 aliphatic heterocycles. The lowest BCUT2D eigenvalue weighted by Crippen LogP contribution is -2.55. The molecule has 2 atom stereocenters. The van der Waals surface area contributed by atoms with E-state index >= 15 is 0 Å². The Morgan fingerprint density at radius 2 is 1.65 bits per heavy atom. The van der Waals surface area contributed by atoms with Gasteiger partial charge in [-0.1, -0.05) is 30.3 Å². The lowest BCUT2D eigenvalue weighted by molar-refractivity contribution is 0.0546. The number of piperidine rings is 1. The number of anilines is 1. The van der Waals surface area contributed by atoms with Gasteiger partial charge in [-0.15, -0.1) is 0 Å². The van der Waals surface area contributed by atoms with Crippen molar-refractivity contribution in [2.45, 2.75) is 32.1 Å². The van der Waals surface area contributed by atoms with Crippen molar-refractivity contribution in [3.63, 3.8) is 0 Å². The first-order valence-electron chi connectivity index (χ1n) is 13.3. The Hall–Kier alpha value is -4.04. The number of methoxy groups -OCH3 is 3. The van der Waals surface area contributed by atoms with Crippen LogP contribution in [0.25, 0.3) is 0 Å². The van der Waals surface area contributed by atoms with Gasteiger partial charge in [0.25, 0.3) is 0 Å². The van der Waals surface area contributed by atoms with Gasteiger partial charge in [-0.2, -0.15) is 0 Å². The van der Waals surface area contributed by atoms with Crippen LogP contribution in [0.15, 0.2) is 60.7 Å². The van der Waals surface area contributed by atoms with E-state index in [1.807, 2.05) is 54.3 Å². The van der Waals surface area contributed by atoms with Crippen molar-refractivity contribution in [3.05, 3.63) is 86.5 Å². The van der Waals surface area contributed by atoms with E-state index in [2.05, 4.69) is 27.9 Å². The summed E-state index contributed by atoms with van der Waals surface area (Å²) in [5.41, 5.74) is 2.84. The van der Waals surface area contributed by atoms with E-state index in [0.717, 1.165) is 20.4 Å². The van der Waals surface area contributed by atoms with Crippen LogP contribution in [0.2, 0.25) is 0 Å². The molecule has 11 nitrogen and oxygen atoms in total. The van der Waals surface area contributed by atoms with Gasteiger partial charge in [-0.05, 0) is 77.4 Å². The molecule has 0 saturated carbocycles. The van der Waals surface area contributed by atoms with Gasteiger partial charge in [0, 0.05) is 29.5 Å². The molecule has 0 radical (unpaired) electrons. The van der Waals surface area contributed by atoms with Crippen LogP contribution < -0.4 is 19.7 Å². The van der Waals surface area contributed by atoms with Crippen LogP contribution in [0, 0.1) is 10.5 Å². The van der Waals surface area contributed by atoms with Crippen LogP contribution in [0.5, 0.6) is 11.5 Å². The number of alkyl carbamates (subject to hydrolysis) is 1. The maximum atomic E-state index is 12.2. The van der Waals surface area contributed by atoms with Crippen LogP contribution in [0.1, 0.15) is 38.3 Å². The maximum Gasteiger partial charge on any atom is 0.407 e. The van der Waals surface area contributed by atoms with Crippen LogP contribution >= 0.6 is 22.6 Å². The van der Waals surface area contributed by atoms with Crippen molar-refractivity contribution in [2.24, 2.45) is 0 Å². The number of nitrogens with zero attached hydrogens (tertiary/aromatic N) is 1. The highest BCUT2D eigenvalue weighted by Crippen LogP contribution is 2.28. The number of nitrogens with one attached hydrogen (secondary N) is 1. The summed E-state index contributed by atoms with van der Waals surface area (Å²) < 4.78 is 21.9. The van der Waals surface area contributed by atoms with Crippen LogP contribution in [0.4, 0.5) is 10.5 Å². The quantitative estimate of drug-likeness (QED) is 0.254. The van der Waals surface area contributed by atoms with Crippen molar-refractivity contribution in [3.8, 4) is 11.5 Å². The first-order chi connectivity index (χ1) is 20.6. The lowest BCUT2D eigenvalue weighted by atomic mass is 10.0. The van der Waals surface area contributed by atoms with E-state index in [1.165, 1.54) is 14.2 Å². The fourth-order valence-corrected chi connectivity index (χ4v) is 5.47. The van der Waals surface area contributed by atoms with Gasteiger partial charge in [-0.3, -0.25) is 0 Å². The van der Waals surface area contributed by atoms with Gasteiger partial charge < -0.3 is 39.4 Å². The smallest absolute Gasteiger partial charge is 0.407 e. The first kappa shape index (κ1) is 33.5. The highest BCUT2D eigenvalue weighted by atomic mass is 127. The summed E-state index contributed by atoms with van der Waals surface area (Å²) in [4.78, 5) is 36.5. The molecule has 43 heavy (non-hydrogen) atoms. The summed E-state index contributed by atoms with van der Waals surface area (Å²) in [6, 6.07) is 17.8. The van der Waals surface area contributed by atoms with Gasteiger partial charge in [0.1, 0.15) is 29.2 Å². The molecular weight excluding hydrogens is 671 g/mol. The Labute approximate surface area is 263 Å². The van der Waals surface area contributed by atoms with Crippen molar-refractivity contribution >= 4 is 46.3 Å². The number of hydrogen-bond donors (Lipinski definition) is 3. The Morgan fingerprint density at radius 3 is 2.26 bits per heavy atom. The average Bonchev–Trinajstić information content (AvgIpc) is 3.00. The largest absolute Gasteiger partial charge is 0.496 e. The molecule has 0 bridgehead atoms. The number of carbonyl (C=O) groups is 3. The van der Waals surface area contributed by atoms with Crippen molar-refractivity contribution in [1.82, 2.24) is 5.32 Å². The van der Waals surface area contributed by atoms with Gasteiger partial charge >= 0.3 is 18.0 Å². The van der Waals surface area contributed by atoms with Crippen molar-refractivity contribution in [1.29, 1.82) is 0 Å². The molecule has 1 aliphatic rings. The molecule has 1 fully saturated rings. The summed E-state index contributed by atoms with van der Waals surface area (Å²) in [7, 11) is 4.51. The minimum atomic E-state index is -1.05. The van der Waals surface area contributed by atoms with Gasteiger partial charge in [0.05, 0.1) is 26.4 Å². The topological polar surface area (TPSA) is 144 Å². The summed E-state index contributed by atoms with van der Waals surface area (Å²) in [6.07, 6.45) is -0.122. The fourth-order valence-electron chi connectivity index (χ4n) is 4.69. The zero-order valence-electron chi connectivity index (χ0n) is 24.3. The molecule has 230 valence electrons. The maximum absolute atomic E-state index is 12.2. The van der Waals surface area contributed by atoms with Crippen LogP contribution in [0.3, 0.4) is 0 Å². The second kappa shape index (κ2) is 16.0. The minimum Gasteiger partial charge on any atom is -0.496 e. The van der Waals surface area contributed by atoms with Gasteiger partial charge in [0.15, 0.2) is 0 Å². The number of carboxylic acid groups (broad SMARTS) is 2. The minimum absolute atomic E-state index is 0.105.